The second kappa shape index (κ2) is 5.67. The summed E-state index contributed by atoms with van der Waals surface area (Å²) in [5, 5.41) is 7.32. The summed E-state index contributed by atoms with van der Waals surface area (Å²) >= 11 is 5.11. The van der Waals surface area contributed by atoms with Gasteiger partial charge in [0.05, 0.1) is 6.07 Å². The highest BCUT2D eigenvalue weighted by molar-refractivity contribution is 7.81. The predicted molar refractivity (Wildman–Crippen MR) is 59.3 cm³/mol. The van der Waals surface area contributed by atoms with Gasteiger partial charge in [-0.2, -0.15) is 5.26 Å². The first-order chi connectivity index (χ1) is 7.29. The Morgan fingerprint density at radius 2 is 1.67 bits per heavy atom. The Morgan fingerprint density at radius 3 is 1.93 bits per heavy atom. The quantitative estimate of drug-likeness (QED) is 0.591. The molecule has 0 saturated carbocycles. The van der Waals surface area contributed by atoms with Gasteiger partial charge in [-0.3, -0.25) is 0 Å². The summed E-state index contributed by atoms with van der Waals surface area (Å²) in [6.07, 6.45) is 6.77. The van der Waals surface area contributed by atoms with Crippen molar-refractivity contribution in [1.82, 2.24) is 19.9 Å². The van der Waals surface area contributed by atoms with Crippen LogP contribution in [0.1, 0.15) is 18.6 Å². The van der Waals surface area contributed by atoms with Gasteiger partial charge < -0.3 is 9.97 Å². The third-order valence-electron chi connectivity index (χ3n) is 1.43. The molecular formula is C9H9N5S. The van der Waals surface area contributed by atoms with Crippen LogP contribution in [0.25, 0.3) is 0 Å². The molecular weight excluding hydrogens is 210 g/mol. The Hall–Kier alpha value is -2.00. The monoisotopic (exact) mass is 219 g/mol. The van der Waals surface area contributed by atoms with Crippen molar-refractivity contribution in [3.63, 3.8) is 0 Å². The van der Waals surface area contributed by atoms with Crippen LogP contribution in [0.2, 0.25) is 0 Å². The van der Waals surface area contributed by atoms with Crippen molar-refractivity contribution in [1.29, 1.82) is 5.26 Å². The molecule has 6 heteroatoms. The average molecular weight is 219 g/mol. The fraction of sp³-hybridized carbons (Fsp3) is 0.111. The molecule has 76 valence electrons. The van der Waals surface area contributed by atoms with Gasteiger partial charge in [-0.15, -0.1) is 0 Å². The molecule has 0 saturated heterocycles. The van der Waals surface area contributed by atoms with Crippen LogP contribution in [0.15, 0.2) is 24.8 Å². The summed E-state index contributed by atoms with van der Waals surface area (Å²) in [6.45, 7) is 1.43. The van der Waals surface area contributed by atoms with Crippen LogP contribution in [0, 0.1) is 11.3 Å². The Morgan fingerprint density at radius 1 is 1.27 bits per heavy atom. The van der Waals surface area contributed by atoms with Gasteiger partial charge in [-0.05, 0) is 0 Å². The molecule has 0 radical (unpaired) electrons. The number of imidazole rings is 2. The maximum Gasteiger partial charge on any atom is 0.152 e. The molecule has 0 unspecified atom stereocenters. The van der Waals surface area contributed by atoms with Gasteiger partial charge in [0.2, 0.25) is 0 Å². The van der Waals surface area contributed by atoms with E-state index in [1.807, 2.05) is 0 Å². The van der Waals surface area contributed by atoms with E-state index in [4.69, 9.17) is 17.5 Å². The van der Waals surface area contributed by atoms with Crippen molar-refractivity contribution in [3.8, 4) is 6.07 Å². The number of aromatic nitrogens is 4. The summed E-state index contributed by atoms with van der Waals surface area (Å²) < 4.78 is 0. The zero-order chi connectivity index (χ0) is 11.1. The third kappa shape index (κ3) is 3.00. The van der Waals surface area contributed by atoms with Gasteiger partial charge in [0.1, 0.15) is 4.86 Å². The maximum atomic E-state index is 7.32. The predicted octanol–water partition coefficient (Wildman–Crippen LogP) is 1.43. The lowest BCUT2D eigenvalue weighted by atomic mass is 10.4. The van der Waals surface area contributed by atoms with Crippen molar-refractivity contribution in [2.45, 2.75) is 6.92 Å². The molecule has 2 aromatic heterocycles. The van der Waals surface area contributed by atoms with Crippen LogP contribution in [0.3, 0.4) is 0 Å². The highest BCUT2D eigenvalue weighted by atomic mass is 32.1. The van der Waals surface area contributed by atoms with Gasteiger partial charge in [0.25, 0.3) is 0 Å². The number of aromatic amines is 2. The van der Waals surface area contributed by atoms with Gasteiger partial charge in [0, 0.05) is 31.7 Å². The van der Waals surface area contributed by atoms with Gasteiger partial charge >= 0.3 is 0 Å². The van der Waals surface area contributed by atoms with Crippen LogP contribution in [0.5, 0.6) is 0 Å². The average Bonchev–Trinajstić information content (AvgIpc) is 2.92. The van der Waals surface area contributed by atoms with E-state index < -0.39 is 0 Å². The van der Waals surface area contributed by atoms with E-state index in [9.17, 15) is 0 Å². The van der Waals surface area contributed by atoms with E-state index in [2.05, 4.69) is 19.9 Å². The van der Waals surface area contributed by atoms with Crippen molar-refractivity contribution in [2.75, 3.05) is 0 Å². The lowest BCUT2D eigenvalue weighted by Crippen LogP contribution is -2.03. The van der Waals surface area contributed by atoms with Crippen molar-refractivity contribution < 1.29 is 0 Å². The first-order valence-corrected chi connectivity index (χ1v) is 4.54. The molecule has 0 spiro atoms. The summed E-state index contributed by atoms with van der Waals surface area (Å²) in [7, 11) is 0. The van der Waals surface area contributed by atoms with E-state index >= 15 is 0 Å². The second-order valence-electron chi connectivity index (χ2n) is 2.43. The number of thiocarbonyl (C=S) groups is 1. The van der Waals surface area contributed by atoms with E-state index in [1.54, 1.807) is 30.9 Å². The van der Waals surface area contributed by atoms with Crippen molar-refractivity contribution in [3.05, 3.63) is 36.4 Å². The molecule has 0 atom stereocenters. The molecule has 0 aromatic carbocycles. The molecule has 0 aliphatic rings. The van der Waals surface area contributed by atoms with Gasteiger partial charge in [-0.1, -0.05) is 12.2 Å². The van der Waals surface area contributed by atoms with Crippen LogP contribution in [0.4, 0.5) is 0 Å². The third-order valence-corrected chi connectivity index (χ3v) is 1.81. The minimum absolute atomic E-state index is 0.602. The number of rotatable bonds is 2. The number of H-pyrrole nitrogens is 2. The number of nitrogens with one attached hydrogen (secondary N) is 2. The molecule has 0 aliphatic heterocycles. The molecule has 0 fully saturated rings. The molecule has 2 N–H and O–H groups in total. The topological polar surface area (TPSA) is 81.2 Å². The first kappa shape index (κ1) is 11.1. The van der Waals surface area contributed by atoms with Crippen LogP contribution < -0.4 is 0 Å². The molecule has 2 heterocycles. The molecule has 0 aliphatic carbocycles. The zero-order valence-corrected chi connectivity index (χ0v) is 8.88. The Kier molecular flexibility index (Phi) is 4.19. The minimum Gasteiger partial charge on any atom is -0.344 e. The lowest BCUT2D eigenvalue weighted by Gasteiger charge is -1.93. The summed E-state index contributed by atoms with van der Waals surface area (Å²) in [5.41, 5.74) is 0. The fourth-order valence-electron chi connectivity index (χ4n) is 0.891. The standard InChI is InChI=1S/C7H6N4S.C2H3N/c12-5(6-8-1-2-9-6)7-10-3-4-11-7;1-2-3/h1-4H,(H,8,9)(H,10,11);1H3. The van der Waals surface area contributed by atoms with E-state index in [0.717, 1.165) is 0 Å². The first-order valence-electron chi connectivity index (χ1n) is 4.14. The van der Waals surface area contributed by atoms with Crippen LogP contribution in [-0.2, 0) is 0 Å². The Labute approximate surface area is 92.2 Å². The minimum atomic E-state index is 0.602. The Bertz CT molecular complexity index is 401. The second-order valence-corrected chi connectivity index (χ2v) is 2.84. The number of nitrogens with zero attached hydrogens (tertiary/aromatic N) is 3. The number of hydrogen-bond acceptors (Lipinski definition) is 4. The van der Waals surface area contributed by atoms with Crippen molar-refractivity contribution in [2.24, 2.45) is 0 Å². The van der Waals surface area contributed by atoms with Gasteiger partial charge in [-0.25, -0.2) is 9.97 Å². The number of nitriles is 1. The smallest absolute Gasteiger partial charge is 0.152 e. The Balaban J connectivity index is 0.000000337. The molecule has 5 nitrogen and oxygen atoms in total. The van der Waals surface area contributed by atoms with Gasteiger partial charge in [0.15, 0.2) is 11.6 Å². The maximum absolute atomic E-state index is 7.32. The van der Waals surface area contributed by atoms with Crippen molar-refractivity contribution >= 4 is 17.1 Å². The molecule has 2 rings (SSSR count). The summed E-state index contributed by atoms with van der Waals surface area (Å²) in [5.74, 6) is 1.33. The molecule has 0 bridgehead atoms. The molecule has 0 amide bonds. The SMILES string of the molecule is CC#N.S=C(c1ncc[nH]1)c1ncc[nH]1. The fourth-order valence-corrected chi connectivity index (χ4v) is 1.11. The largest absolute Gasteiger partial charge is 0.344 e. The van der Waals surface area contributed by atoms with Crippen LogP contribution in [-0.4, -0.2) is 24.8 Å². The highest BCUT2D eigenvalue weighted by Crippen LogP contribution is 2.00. The summed E-state index contributed by atoms with van der Waals surface area (Å²) in [4.78, 5) is 14.5. The summed E-state index contributed by atoms with van der Waals surface area (Å²) in [6, 6.07) is 1.75. The van der Waals surface area contributed by atoms with Crippen LogP contribution >= 0.6 is 12.2 Å². The normalized spacial score (nSPS) is 8.53. The van der Waals surface area contributed by atoms with E-state index in [0.29, 0.717) is 16.5 Å². The molecule has 2 aromatic rings. The van der Waals surface area contributed by atoms with E-state index in [-0.39, 0.29) is 0 Å². The highest BCUT2D eigenvalue weighted by Gasteiger charge is 2.07. The number of hydrogen-bond donors (Lipinski definition) is 2. The lowest BCUT2D eigenvalue weighted by molar-refractivity contribution is 1.22. The van der Waals surface area contributed by atoms with E-state index in [1.165, 1.54) is 6.92 Å². The zero-order valence-electron chi connectivity index (χ0n) is 8.06. The molecule has 15 heavy (non-hydrogen) atoms.